The highest BCUT2D eigenvalue weighted by atomic mass is 35.5. The van der Waals surface area contributed by atoms with Gasteiger partial charge in [0.15, 0.2) is 9.84 Å². The maximum absolute atomic E-state index is 13.3. The van der Waals surface area contributed by atoms with Crippen LogP contribution in [0.1, 0.15) is 35.2 Å². The van der Waals surface area contributed by atoms with Gasteiger partial charge in [0.2, 0.25) is 5.91 Å². The van der Waals surface area contributed by atoms with Crippen molar-refractivity contribution in [2.45, 2.75) is 24.9 Å². The second-order valence-electron chi connectivity index (χ2n) is 7.44. The highest BCUT2D eigenvalue weighted by molar-refractivity contribution is 7.91. The van der Waals surface area contributed by atoms with Crippen LogP contribution in [0.25, 0.3) is 0 Å². The van der Waals surface area contributed by atoms with Gasteiger partial charge in [-0.3, -0.25) is 9.69 Å². The lowest BCUT2D eigenvalue weighted by atomic mass is 10.0. The minimum atomic E-state index is -3.01. The largest absolute Gasteiger partial charge is 0.348 e. The van der Waals surface area contributed by atoms with E-state index in [0.29, 0.717) is 18.1 Å². The van der Waals surface area contributed by atoms with Gasteiger partial charge in [-0.25, -0.2) is 8.42 Å². The molecule has 1 fully saturated rings. The first-order valence-electron chi connectivity index (χ1n) is 9.51. The fraction of sp³-hybridized carbons (Fsp3) is 0.381. The summed E-state index contributed by atoms with van der Waals surface area (Å²) in [7, 11) is -3.01. The van der Waals surface area contributed by atoms with Gasteiger partial charge in [-0.2, -0.15) is 0 Å². The summed E-state index contributed by atoms with van der Waals surface area (Å²) in [6.07, 6.45) is 1.73. The van der Waals surface area contributed by atoms with Gasteiger partial charge >= 0.3 is 0 Å². The van der Waals surface area contributed by atoms with Crippen LogP contribution in [0.4, 0.5) is 0 Å². The topological polar surface area (TPSA) is 66.5 Å². The maximum atomic E-state index is 13.3. The Balaban J connectivity index is 1.56. The van der Waals surface area contributed by atoms with Crippen LogP contribution in [0.5, 0.6) is 0 Å². The van der Waals surface area contributed by atoms with Gasteiger partial charge in [0.05, 0.1) is 17.5 Å². The third kappa shape index (κ3) is 4.09. The number of benzene rings is 2. The number of sulfone groups is 1. The molecule has 1 aliphatic carbocycles. The molecule has 1 aliphatic heterocycles. The molecule has 2 aromatic rings. The van der Waals surface area contributed by atoms with E-state index < -0.39 is 15.9 Å². The molecule has 2 atom stereocenters. The summed E-state index contributed by atoms with van der Waals surface area (Å²) in [6, 6.07) is 14.9. The molecule has 0 bridgehead atoms. The smallest absolute Gasteiger partial charge is 0.242 e. The second-order valence-corrected chi connectivity index (χ2v) is 10.2. The Morgan fingerprint density at radius 2 is 1.82 bits per heavy atom. The number of hydrogen-bond acceptors (Lipinski definition) is 4. The van der Waals surface area contributed by atoms with Crippen molar-refractivity contribution in [1.82, 2.24) is 10.2 Å². The number of aryl methyl sites for hydroxylation is 1. The minimum absolute atomic E-state index is 0.0421. The Kier molecular flexibility index (Phi) is 5.45. The molecular weight excluding hydrogens is 396 g/mol. The number of carbonyl (C=O) groups is 1. The molecule has 0 spiro atoms. The number of nitrogens with one attached hydrogen (secondary N) is 1. The van der Waals surface area contributed by atoms with Gasteiger partial charge in [0.1, 0.15) is 6.04 Å². The molecule has 0 aromatic heterocycles. The Morgan fingerprint density at radius 3 is 2.54 bits per heavy atom. The highest BCUT2D eigenvalue weighted by Crippen LogP contribution is 2.34. The predicted molar refractivity (Wildman–Crippen MR) is 110 cm³/mol. The third-order valence-corrected chi connectivity index (χ3v) is 7.45. The standard InChI is InChI=1S/C21H23ClN2O3S/c22-17-7-8-18-16(14-17)6-9-19(18)23-21(25)20(15-4-2-1-3-5-15)24-10-12-28(26,27)13-11-24/h1-5,7-8,14,19-20H,6,9-13H2,(H,23,25). The van der Waals surface area contributed by atoms with E-state index in [0.717, 1.165) is 24.0 Å². The van der Waals surface area contributed by atoms with Crippen LogP contribution in [0.2, 0.25) is 5.02 Å². The van der Waals surface area contributed by atoms with E-state index in [1.807, 2.05) is 53.4 Å². The van der Waals surface area contributed by atoms with Crippen molar-refractivity contribution in [3.8, 4) is 0 Å². The number of halogens is 1. The zero-order valence-electron chi connectivity index (χ0n) is 15.5. The first kappa shape index (κ1) is 19.4. The summed E-state index contributed by atoms with van der Waals surface area (Å²) >= 11 is 6.09. The van der Waals surface area contributed by atoms with E-state index in [2.05, 4.69) is 5.32 Å². The van der Waals surface area contributed by atoms with Crippen LogP contribution < -0.4 is 5.32 Å². The van der Waals surface area contributed by atoms with Gasteiger partial charge in [-0.15, -0.1) is 0 Å². The van der Waals surface area contributed by atoms with Crippen LogP contribution >= 0.6 is 11.6 Å². The van der Waals surface area contributed by atoms with Crippen molar-refractivity contribution in [3.05, 3.63) is 70.2 Å². The van der Waals surface area contributed by atoms with E-state index >= 15 is 0 Å². The Hall–Kier alpha value is -1.89. The summed E-state index contributed by atoms with van der Waals surface area (Å²) in [6.45, 7) is 0.734. The van der Waals surface area contributed by atoms with E-state index in [9.17, 15) is 13.2 Å². The molecule has 148 valence electrons. The molecular formula is C21H23ClN2O3S. The number of hydrogen-bond donors (Lipinski definition) is 1. The van der Waals surface area contributed by atoms with Gasteiger partial charge in [0.25, 0.3) is 0 Å². The number of amides is 1. The zero-order chi connectivity index (χ0) is 19.7. The second kappa shape index (κ2) is 7.85. The summed E-state index contributed by atoms with van der Waals surface area (Å²) in [5.74, 6) is 0.0984. The quantitative estimate of drug-likeness (QED) is 0.829. The fourth-order valence-electron chi connectivity index (χ4n) is 4.13. The van der Waals surface area contributed by atoms with Gasteiger partial charge < -0.3 is 5.32 Å². The highest BCUT2D eigenvalue weighted by Gasteiger charge is 2.34. The van der Waals surface area contributed by atoms with Crippen LogP contribution in [-0.4, -0.2) is 43.8 Å². The maximum Gasteiger partial charge on any atom is 0.242 e. The molecule has 1 saturated heterocycles. The number of carbonyl (C=O) groups excluding carboxylic acids is 1. The summed E-state index contributed by atoms with van der Waals surface area (Å²) in [4.78, 5) is 15.3. The molecule has 1 N–H and O–H groups in total. The van der Waals surface area contributed by atoms with Crippen molar-refractivity contribution < 1.29 is 13.2 Å². The Labute approximate surface area is 170 Å². The van der Waals surface area contributed by atoms with Crippen molar-refractivity contribution in [3.63, 3.8) is 0 Å². The number of nitrogens with zero attached hydrogens (tertiary/aromatic N) is 1. The molecule has 1 heterocycles. The van der Waals surface area contributed by atoms with Gasteiger partial charge in [-0.05, 0) is 41.7 Å². The molecule has 1 amide bonds. The van der Waals surface area contributed by atoms with Crippen LogP contribution in [0.15, 0.2) is 48.5 Å². The normalized spacial score (nSPS) is 22.4. The van der Waals surface area contributed by atoms with Crippen molar-refractivity contribution in [2.75, 3.05) is 24.6 Å². The van der Waals surface area contributed by atoms with Gasteiger partial charge in [-0.1, -0.05) is 48.0 Å². The first-order valence-corrected chi connectivity index (χ1v) is 11.7. The van der Waals surface area contributed by atoms with Crippen LogP contribution in [-0.2, 0) is 21.1 Å². The van der Waals surface area contributed by atoms with Gasteiger partial charge in [0, 0.05) is 18.1 Å². The summed E-state index contributed by atoms with van der Waals surface area (Å²) < 4.78 is 23.7. The predicted octanol–water partition coefficient (Wildman–Crippen LogP) is 2.92. The van der Waals surface area contributed by atoms with E-state index in [-0.39, 0.29) is 23.5 Å². The van der Waals surface area contributed by atoms with Crippen LogP contribution in [0, 0.1) is 0 Å². The molecule has 4 rings (SSSR count). The zero-order valence-corrected chi connectivity index (χ0v) is 17.0. The molecule has 0 radical (unpaired) electrons. The summed E-state index contributed by atoms with van der Waals surface area (Å²) in [5, 5.41) is 3.91. The molecule has 2 aliphatic rings. The minimum Gasteiger partial charge on any atom is -0.348 e. The van der Waals surface area contributed by atoms with E-state index in [1.54, 1.807) is 0 Å². The third-order valence-electron chi connectivity index (χ3n) is 5.61. The van der Waals surface area contributed by atoms with Crippen molar-refractivity contribution >= 4 is 27.3 Å². The molecule has 2 aromatic carbocycles. The first-order chi connectivity index (χ1) is 13.4. The lowest BCUT2D eigenvalue weighted by Gasteiger charge is -2.34. The fourth-order valence-corrected chi connectivity index (χ4v) is 5.56. The van der Waals surface area contributed by atoms with Crippen molar-refractivity contribution in [1.29, 1.82) is 0 Å². The molecule has 5 nitrogen and oxygen atoms in total. The number of fused-ring (bicyclic) bond motifs is 1. The molecule has 7 heteroatoms. The average molecular weight is 419 g/mol. The Bertz CT molecular complexity index is 964. The summed E-state index contributed by atoms with van der Waals surface area (Å²) in [5.41, 5.74) is 3.18. The lowest BCUT2D eigenvalue weighted by Crippen LogP contribution is -2.48. The molecule has 0 saturated carbocycles. The van der Waals surface area contributed by atoms with Crippen LogP contribution in [0.3, 0.4) is 0 Å². The number of rotatable bonds is 4. The van der Waals surface area contributed by atoms with E-state index in [4.69, 9.17) is 11.6 Å². The Morgan fingerprint density at radius 1 is 1.11 bits per heavy atom. The SMILES string of the molecule is O=C(NC1CCc2cc(Cl)ccc21)C(c1ccccc1)N1CCS(=O)(=O)CC1. The van der Waals surface area contributed by atoms with Crippen molar-refractivity contribution in [2.24, 2.45) is 0 Å². The molecule has 2 unspecified atom stereocenters. The average Bonchev–Trinajstić information content (AvgIpc) is 3.06. The monoisotopic (exact) mass is 418 g/mol. The molecule has 28 heavy (non-hydrogen) atoms. The lowest BCUT2D eigenvalue weighted by molar-refractivity contribution is -0.127. The van der Waals surface area contributed by atoms with E-state index in [1.165, 1.54) is 5.56 Å².